The van der Waals surface area contributed by atoms with Gasteiger partial charge in [0.15, 0.2) is 11.6 Å². The van der Waals surface area contributed by atoms with Crippen molar-refractivity contribution in [1.29, 1.82) is 0 Å². The maximum absolute atomic E-state index is 12.5. The third-order valence-corrected chi connectivity index (χ3v) is 8.06. The minimum atomic E-state index is -1.47. The van der Waals surface area contributed by atoms with E-state index in [-0.39, 0.29) is 29.0 Å². The van der Waals surface area contributed by atoms with Crippen molar-refractivity contribution in [2.24, 2.45) is 28.6 Å². The van der Waals surface area contributed by atoms with Crippen LogP contribution in [0, 0.1) is 28.6 Å². The molecule has 0 aromatic heterocycles. The van der Waals surface area contributed by atoms with Crippen LogP contribution in [0.4, 0.5) is 0 Å². The van der Waals surface area contributed by atoms with Crippen molar-refractivity contribution in [2.75, 3.05) is 6.61 Å². The first-order valence-corrected chi connectivity index (χ1v) is 9.67. The minimum absolute atomic E-state index is 0.158. The van der Waals surface area contributed by atoms with Crippen molar-refractivity contribution in [2.45, 2.75) is 52.1 Å². The molecule has 0 bridgehead atoms. The molecule has 0 aliphatic heterocycles. The van der Waals surface area contributed by atoms with Crippen LogP contribution in [-0.2, 0) is 9.59 Å². The van der Waals surface area contributed by atoms with Crippen LogP contribution < -0.4 is 0 Å². The summed E-state index contributed by atoms with van der Waals surface area (Å²) in [4.78, 5) is 24.4. The van der Waals surface area contributed by atoms with Crippen LogP contribution in [0.1, 0.15) is 46.5 Å². The fourth-order valence-electron chi connectivity index (χ4n) is 6.50. The molecule has 0 saturated heterocycles. The summed E-state index contributed by atoms with van der Waals surface area (Å²) in [5.74, 6) is -0.00683. The molecule has 26 heavy (non-hydrogen) atoms. The van der Waals surface area contributed by atoms with Gasteiger partial charge in [0.1, 0.15) is 12.2 Å². The van der Waals surface area contributed by atoms with Gasteiger partial charge in [-0.2, -0.15) is 0 Å². The van der Waals surface area contributed by atoms with Gasteiger partial charge in [-0.1, -0.05) is 43.2 Å². The molecule has 0 heterocycles. The Morgan fingerprint density at radius 3 is 2.73 bits per heavy atom. The quantitative estimate of drug-likeness (QED) is 0.746. The number of aliphatic hydroxyl groups excluding tert-OH is 1. The lowest BCUT2D eigenvalue weighted by atomic mass is 9.52. The molecular formula is C22H28O4. The molecule has 2 unspecified atom stereocenters. The number of aliphatic hydroxyl groups is 2. The average Bonchev–Trinajstić information content (AvgIpc) is 2.83. The van der Waals surface area contributed by atoms with Gasteiger partial charge >= 0.3 is 0 Å². The van der Waals surface area contributed by atoms with Crippen molar-refractivity contribution < 1.29 is 19.8 Å². The molecule has 2 N–H and O–H groups in total. The molecule has 140 valence electrons. The number of carbonyl (C=O) groups excluding carboxylic acids is 2. The highest BCUT2D eigenvalue weighted by Crippen LogP contribution is 2.65. The van der Waals surface area contributed by atoms with Crippen LogP contribution in [0.3, 0.4) is 0 Å². The topological polar surface area (TPSA) is 74.6 Å². The van der Waals surface area contributed by atoms with Gasteiger partial charge in [-0.15, -0.1) is 0 Å². The summed E-state index contributed by atoms with van der Waals surface area (Å²) in [5.41, 5.74) is 0.273. The van der Waals surface area contributed by atoms with E-state index in [0.717, 1.165) is 12.8 Å². The molecule has 1 fully saturated rings. The summed E-state index contributed by atoms with van der Waals surface area (Å²) in [6.07, 6.45) is 10.9. The highest BCUT2D eigenvalue weighted by molar-refractivity contribution is 5.94. The predicted molar refractivity (Wildman–Crippen MR) is 98.2 cm³/mol. The molecule has 4 rings (SSSR count). The Hall–Kier alpha value is -1.52. The number of fused-ring (bicyclic) bond motifs is 5. The standard InChI is InChI=1S/C22H28O4/c1-13-10-18-16-5-4-14-11-15(24)6-8-20(14,2)17(16)7-9-21(18,3)22(13,26)19(25)12-23/h4,6-8,13,16,18,23,26H,5,9-12H2,1-3H3/t13-,16?,18?,20+,21+,22+/m1/s1. The van der Waals surface area contributed by atoms with Crippen molar-refractivity contribution in [1.82, 2.24) is 0 Å². The second-order valence-electron chi connectivity index (χ2n) is 9.12. The van der Waals surface area contributed by atoms with Crippen LogP contribution in [0.15, 0.2) is 35.5 Å². The first kappa shape index (κ1) is 17.9. The van der Waals surface area contributed by atoms with E-state index in [1.165, 1.54) is 11.1 Å². The first-order valence-electron chi connectivity index (χ1n) is 9.67. The molecule has 6 atom stereocenters. The zero-order chi connectivity index (χ0) is 18.9. The van der Waals surface area contributed by atoms with E-state index in [2.05, 4.69) is 19.1 Å². The molecule has 0 aromatic carbocycles. The molecular weight excluding hydrogens is 328 g/mol. The zero-order valence-electron chi connectivity index (χ0n) is 15.8. The van der Waals surface area contributed by atoms with Gasteiger partial charge in [0, 0.05) is 17.3 Å². The van der Waals surface area contributed by atoms with E-state index >= 15 is 0 Å². The highest BCUT2D eigenvalue weighted by Gasteiger charge is 2.66. The number of allylic oxidation sites excluding steroid dienone is 6. The van der Waals surface area contributed by atoms with Crippen molar-refractivity contribution in [3.8, 4) is 0 Å². The van der Waals surface area contributed by atoms with Crippen molar-refractivity contribution in [3.63, 3.8) is 0 Å². The third kappa shape index (κ3) is 1.97. The van der Waals surface area contributed by atoms with E-state index in [0.29, 0.717) is 12.8 Å². The zero-order valence-corrected chi connectivity index (χ0v) is 15.8. The molecule has 4 aliphatic carbocycles. The van der Waals surface area contributed by atoms with Gasteiger partial charge < -0.3 is 10.2 Å². The molecule has 0 radical (unpaired) electrons. The summed E-state index contributed by atoms with van der Waals surface area (Å²) < 4.78 is 0. The summed E-state index contributed by atoms with van der Waals surface area (Å²) in [7, 11) is 0. The average molecular weight is 356 g/mol. The van der Waals surface area contributed by atoms with Gasteiger partial charge in [0.25, 0.3) is 0 Å². The van der Waals surface area contributed by atoms with Gasteiger partial charge in [0.2, 0.25) is 0 Å². The third-order valence-electron chi connectivity index (χ3n) is 8.06. The van der Waals surface area contributed by atoms with Crippen LogP contribution >= 0.6 is 0 Å². The van der Waals surface area contributed by atoms with Crippen LogP contribution in [0.5, 0.6) is 0 Å². The number of rotatable bonds is 2. The van der Waals surface area contributed by atoms with Crippen LogP contribution in [0.25, 0.3) is 0 Å². The SMILES string of the molecule is C[C@@H]1CC2C3CC=C4CC(=O)C=C[C@]4(C)C3=CC[C@]2(C)[C@@]1(O)C(=O)CO. The summed E-state index contributed by atoms with van der Waals surface area (Å²) in [6, 6.07) is 0. The van der Waals surface area contributed by atoms with E-state index in [9.17, 15) is 19.8 Å². The van der Waals surface area contributed by atoms with E-state index in [1.54, 1.807) is 6.08 Å². The number of hydrogen-bond donors (Lipinski definition) is 2. The van der Waals surface area contributed by atoms with Crippen LogP contribution in [-0.4, -0.2) is 34.0 Å². The molecule has 4 aliphatic rings. The Balaban J connectivity index is 1.80. The van der Waals surface area contributed by atoms with Gasteiger partial charge in [-0.25, -0.2) is 0 Å². The molecule has 1 saturated carbocycles. The van der Waals surface area contributed by atoms with E-state index in [1.807, 2.05) is 19.9 Å². The van der Waals surface area contributed by atoms with E-state index in [4.69, 9.17) is 0 Å². The Labute approximate surface area is 154 Å². The predicted octanol–water partition coefficient (Wildman–Crippen LogP) is 2.75. The maximum Gasteiger partial charge on any atom is 0.190 e. The normalized spacial score (nSPS) is 46.8. The molecule has 4 nitrogen and oxygen atoms in total. The smallest absolute Gasteiger partial charge is 0.190 e. The lowest BCUT2D eigenvalue weighted by Crippen LogP contribution is -2.57. The summed E-state index contributed by atoms with van der Waals surface area (Å²) in [5, 5.41) is 20.9. The molecule has 0 spiro atoms. The lowest BCUT2D eigenvalue weighted by molar-refractivity contribution is -0.161. The Morgan fingerprint density at radius 1 is 1.31 bits per heavy atom. The molecule has 0 aromatic rings. The molecule has 0 amide bonds. The van der Waals surface area contributed by atoms with Crippen molar-refractivity contribution in [3.05, 3.63) is 35.5 Å². The molecule has 4 heteroatoms. The summed E-state index contributed by atoms with van der Waals surface area (Å²) >= 11 is 0. The Bertz CT molecular complexity index is 775. The Kier molecular flexibility index (Phi) is 3.78. The van der Waals surface area contributed by atoms with Gasteiger partial charge in [0.05, 0.1) is 0 Å². The largest absolute Gasteiger partial charge is 0.388 e. The lowest BCUT2D eigenvalue weighted by Gasteiger charge is -2.53. The summed E-state index contributed by atoms with van der Waals surface area (Å²) in [6.45, 7) is 5.52. The van der Waals surface area contributed by atoms with Gasteiger partial charge in [-0.3, -0.25) is 9.59 Å². The number of Topliss-reactive ketones (excluding diaryl/α,β-unsaturated/α-hetero) is 1. The maximum atomic E-state index is 12.5. The number of ketones is 2. The monoisotopic (exact) mass is 356 g/mol. The fraction of sp³-hybridized carbons (Fsp3) is 0.636. The first-order chi connectivity index (χ1) is 12.2. The van der Waals surface area contributed by atoms with Crippen LogP contribution in [0.2, 0.25) is 0 Å². The number of hydrogen-bond acceptors (Lipinski definition) is 4. The Morgan fingerprint density at radius 2 is 2.04 bits per heavy atom. The van der Waals surface area contributed by atoms with Gasteiger partial charge in [-0.05, 0) is 50.0 Å². The second kappa shape index (κ2) is 5.49. The minimum Gasteiger partial charge on any atom is -0.388 e. The second-order valence-corrected chi connectivity index (χ2v) is 9.12. The number of carbonyl (C=O) groups is 2. The fourth-order valence-corrected chi connectivity index (χ4v) is 6.50. The highest BCUT2D eigenvalue weighted by atomic mass is 16.3. The van der Waals surface area contributed by atoms with E-state index < -0.39 is 23.4 Å². The van der Waals surface area contributed by atoms with Crippen molar-refractivity contribution >= 4 is 11.6 Å².